The fourth-order valence-corrected chi connectivity index (χ4v) is 4.81. The van der Waals surface area contributed by atoms with Crippen molar-refractivity contribution in [2.45, 2.75) is 5.41 Å². The van der Waals surface area contributed by atoms with Crippen LogP contribution in [0.4, 0.5) is 0 Å². The van der Waals surface area contributed by atoms with Crippen LogP contribution in [0.1, 0.15) is 22.3 Å². The van der Waals surface area contributed by atoms with Gasteiger partial charge in [0.25, 0.3) is 0 Å². The van der Waals surface area contributed by atoms with Gasteiger partial charge in [-0.1, -0.05) is 84.9 Å². The molecule has 0 atom stereocenters. The predicted molar refractivity (Wildman–Crippen MR) is 120 cm³/mol. The van der Waals surface area contributed by atoms with Gasteiger partial charge in [0.05, 0.1) is 5.41 Å². The van der Waals surface area contributed by atoms with Crippen LogP contribution in [0.2, 0.25) is 0 Å². The summed E-state index contributed by atoms with van der Waals surface area (Å²) in [5.74, 6) is 1.88. The Morgan fingerprint density at radius 2 is 0.800 bits per heavy atom. The minimum Gasteiger partial charge on any atom is -0.457 e. The van der Waals surface area contributed by atoms with Crippen molar-refractivity contribution < 1.29 is 14.9 Å². The van der Waals surface area contributed by atoms with E-state index in [-0.39, 0.29) is 5.41 Å². The Bertz CT molecular complexity index is 1090. The van der Waals surface area contributed by atoms with Crippen molar-refractivity contribution >= 4 is 0 Å². The first-order valence-electron chi connectivity index (χ1n) is 9.86. The summed E-state index contributed by atoms with van der Waals surface area (Å²) < 4.78 is 6.29. The minimum atomic E-state index is -0.321. The second-order valence-corrected chi connectivity index (χ2v) is 6.94. The van der Waals surface area contributed by atoms with Crippen molar-refractivity contribution in [2.24, 2.45) is 0 Å². The number of fused-ring (bicyclic) bond motifs is 9. The lowest BCUT2D eigenvalue weighted by Gasteiger charge is -2.39. The van der Waals surface area contributed by atoms with Crippen LogP contribution in [0.25, 0.3) is 11.1 Å². The zero-order valence-electron chi connectivity index (χ0n) is 17.0. The van der Waals surface area contributed by atoms with E-state index in [0.29, 0.717) is 0 Å². The van der Waals surface area contributed by atoms with Crippen LogP contribution in [0.5, 0.6) is 11.5 Å². The smallest absolute Gasteiger partial charge is 0.132 e. The maximum absolute atomic E-state index is 7.00. The number of aliphatic hydroxyl groups excluding tert-OH is 2. The largest absolute Gasteiger partial charge is 0.457 e. The van der Waals surface area contributed by atoms with Crippen molar-refractivity contribution in [3.8, 4) is 22.6 Å². The molecule has 30 heavy (non-hydrogen) atoms. The van der Waals surface area contributed by atoms with Gasteiger partial charge in [0.1, 0.15) is 11.5 Å². The summed E-state index contributed by atoms with van der Waals surface area (Å²) in [5, 5.41) is 14.0. The summed E-state index contributed by atoms with van der Waals surface area (Å²) in [7, 11) is 2.00. The molecule has 150 valence electrons. The Hall–Kier alpha value is -3.40. The molecule has 1 aliphatic heterocycles. The first-order valence-corrected chi connectivity index (χ1v) is 9.86. The molecule has 0 saturated heterocycles. The zero-order valence-corrected chi connectivity index (χ0v) is 17.0. The second-order valence-electron chi connectivity index (χ2n) is 6.94. The molecule has 0 amide bonds. The molecule has 0 radical (unpaired) electrons. The third-order valence-corrected chi connectivity index (χ3v) is 5.75. The molecule has 2 aliphatic rings. The molecule has 0 bridgehead atoms. The van der Waals surface area contributed by atoms with E-state index >= 15 is 0 Å². The SMILES string of the molecule is CO.CO.c1ccc2c(c1)Oc1ccccc1C21c2ccccc2-c2ccccc21. The quantitative estimate of drug-likeness (QED) is 0.363. The van der Waals surface area contributed by atoms with Gasteiger partial charge in [-0.15, -0.1) is 0 Å². The Kier molecular flexibility index (Phi) is 5.40. The van der Waals surface area contributed by atoms with Crippen LogP contribution < -0.4 is 4.74 Å². The summed E-state index contributed by atoms with van der Waals surface area (Å²) in [4.78, 5) is 0. The summed E-state index contributed by atoms with van der Waals surface area (Å²) >= 11 is 0. The second kappa shape index (κ2) is 8.15. The average Bonchev–Trinajstić information content (AvgIpc) is 3.13. The number of ether oxygens (including phenoxy) is 1. The highest BCUT2D eigenvalue weighted by atomic mass is 16.5. The number of aliphatic hydroxyl groups is 2. The maximum atomic E-state index is 7.00. The van der Waals surface area contributed by atoms with Crippen molar-refractivity contribution in [3.63, 3.8) is 0 Å². The number of rotatable bonds is 0. The molecule has 3 nitrogen and oxygen atoms in total. The van der Waals surface area contributed by atoms with E-state index in [1.54, 1.807) is 0 Å². The fourth-order valence-electron chi connectivity index (χ4n) is 4.81. The molecule has 3 heteroatoms. The molecule has 1 aliphatic carbocycles. The van der Waals surface area contributed by atoms with E-state index in [4.69, 9.17) is 14.9 Å². The average molecular weight is 396 g/mol. The summed E-state index contributed by atoms with van der Waals surface area (Å²) in [6.45, 7) is 0. The lowest BCUT2D eigenvalue weighted by molar-refractivity contribution is 0.399. The summed E-state index contributed by atoms with van der Waals surface area (Å²) in [6, 6.07) is 34.5. The number of hydrogen-bond acceptors (Lipinski definition) is 3. The standard InChI is InChI=1S/C25H16O.2CH4O/c1-3-11-19-17(9-1)18-10-2-4-12-20(18)25(19)21-13-5-7-15-23(21)26-24-16-8-6-14-22(24)25;2*1-2/h1-16H;2*2H,1H3. The van der Waals surface area contributed by atoms with E-state index in [9.17, 15) is 0 Å². The van der Waals surface area contributed by atoms with Crippen molar-refractivity contribution in [2.75, 3.05) is 14.2 Å². The van der Waals surface area contributed by atoms with Crippen LogP contribution >= 0.6 is 0 Å². The normalized spacial score (nSPS) is 13.2. The van der Waals surface area contributed by atoms with E-state index in [0.717, 1.165) is 25.7 Å². The molecule has 1 heterocycles. The lowest BCUT2D eigenvalue weighted by Crippen LogP contribution is -2.32. The van der Waals surface area contributed by atoms with Gasteiger partial charge in [-0.2, -0.15) is 0 Å². The molecule has 0 unspecified atom stereocenters. The van der Waals surface area contributed by atoms with E-state index in [1.165, 1.54) is 33.4 Å². The van der Waals surface area contributed by atoms with Gasteiger partial charge < -0.3 is 14.9 Å². The Balaban J connectivity index is 0.000000516. The molecule has 6 rings (SSSR count). The fraction of sp³-hybridized carbons (Fsp3) is 0.111. The van der Waals surface area contributed by atoms with E-state index in [2.05, 4.69) is 84.9 Å². The first-order chi connectivity index (χ1) is 14.9. The van der Waals surface area contributed by atoms with E-state index in [1.807, 2.05) is 12.1 Å². The third kappa shape index (κ3) is 2.60. The summed E-state index contributed by atoms with van der Waals surface area (Å²) in [6.07, 6.45) is 0. The first kappa shape index (κ1) is 19.9. The molecule has 0 aromatic heterocycles. The van der Waals surface area contributed by atoms with Crippen molar-refractivity contribution in [1.82, 2.24) is 0 Å². The third-order valence-electron chi connectivity index (χ3n) is 5.75. The number of hydrogen-bond donors (Lipinski definition) is 2. The van der Waals surface area contributed by atoms with Gasteiger partial charge >= 0.3 is 0 Å². The summed E-state index contributed by atoms with van der Waals surface area (Å²) in [5.41, 5.74) is 7.42. The van der Waals surface area contributed by atoms with Gasteiger partial charge in [0.15, 0.2) is 0 Å². The van der Waals surface area contributed by atoms with Crippen LogP contribution in [0, 0.1) is 0 Å². The van der Waals surface area contributed by atoms with Gasteiger partial charge in [0.2, 0.25) is 0 Å². The Labute approximate surface area is 176 Å². The van der Waals surface area contributed by atoms with Gasteiger partial charge in [-0.05, 0) is 34.4 Å². The monoisotopic (exact) mass is 396 g/mol. The van der Waals surface area contributed by atoms with Crippen LogP contribution in [0.15, 0.2) is 97.1 Å². The molecule has 2 N–H and O–H groups in total. The number of para-hydroxylation sites is 2. The van der Waals surface area contributed by atoms with Crippen LogP contribution in [-0.4, -0.2) is 24.4 Å². The van der Waals surface area contributed by atoms with Crippen LogP contribution in [0.3, 0.4) is 0 Å². The topological polar surface area (TPSA) is 49.7 Å². The van der Waals surface area contributed by atoms with Crippen LogP contribution in [-0.2, 0) is 5.41 Å². The van der Waals surface area contributed by atoms with Gasteiger partial charge in [-0.3, -0.25) is 0 Å². The molecule has 0 saturated carbocycles. The molecular weight excluding hydrogens is 372 g/mol. The highest BCUT2D eigenvalue weighted by molar-refractivity contribution is 5.88. The Morgan fingerprint density at radius 1 is 0.467 bits per heavy atom. The molecular formula is C27H24O3. The lowest BCUT2D eigenvalue weighted by atomic mass is 9.66. The van der Waals surface area contributed by atoms with Gasteiger partial charge in [0, 0.05) is 25.3 Å². The molecule has 4 aromatic carbocycles. The molecule has 4 aromatic rings. The Morgan fingerprint density at radius 3 is 1.23 bits per heavy atom. The highest BCUT2D eigenvalue weighted by Crippen LogP contribution is 2.61. The maximum Gasteiger partial charge on any atom is 0.132 e. The minimum absolute atomic E-state index is 0.321. The molecule has 0 fully saturated rings. The van der Waals surface area contributed by atoms with Crippen molar-refractivity contribution in [1.29, 1.82) is 0 Å². The van der Waals surface area contributed by atoms with E-state index < -0.39 is 0 Å². The predicted octanol–water partition coefficient (Wildman–Crippen LogP) is 5.37. The van der Waals surface area contributed by atoms with Crippen molar-refractivity contribution in [3.05, 3.63) is 119 Å². The highest BCUT2D eigenvalue weighted by Gasteiger charge is 2.50. The number of benzene rings is 4. The molecule has 1 spiro atoms. The van der Waals surface area contributed by atoms with Gasteiger partial charge in [-0.25, -0.2) is 0 Å². The zero-order chi connectivity index (χ0) is 21.1.